The average Bonchev–Trinajstić information content (AvgIpc) is 3.20. The summed E-state index contributed by atoms with van der Waals surface area (Å²) in [5.74, 6) is 0.847. The van der Waals surface area contributed by atoms with Gasteiger partial charge < -0.3 is 15.5 Å². The quantitative estimate of drug-likeness (QED) is 0.886. The molecular formula is C16H22N6O. The van der Waals surface area contributed by atoms with Crippen molar-refractivity contribution < 1.29 is 4.79 Å². The lowest BCUT2D eigenvalue weighted by Crippen LogP contribution is -2.39. The predicted octanol–water partition coefficient (Wildman–Crippen LogP) is 2.09. The molecule has 7 nitrogen and oxygen atoms in total. The Hall–Kier alpha value is -2.57. The van der Waals surface area contributed by atoms with E-state index in [1.807, 2.05) is 31.3 Å². The van der Waals surface area contributed by atoms with Crippen LogP contribution < -0.4 is 15.5 Å². The number of hydrogen-bond donors (Lipinski definition) is 2. The van der Waals surface area contributed by atoms with Gasteiger partial charge in [0.1, 0.15) is 0 Å². The Morgan fingerprint density at radius 2 is 2.13 bits per heavy atom. The first-order valence-electron chi connectivity index (χ1n) is 7.97. The molecule has 0 aromatic carbocycles. The number of pyridine rings is 1. The van der Waals surface area contributed by atoms with Gasteiger partial charge in [-0.05, 0) is 38.0 Å². The molecular weight excluding hydrogens is 292 g/mol. The van der Waals surface area contributed by atoms with Gasteiger partial charge >= 0.3 is 6.03 Å². The normalized spacial score (nSPS) is 15.4. The molecule has 0 spiro atoms. The molecule has 2 aromatic heterocycles. The first-order chi connectivity index (χ1) is 11.2. The minimum Gasteiger partial charge on any atom is -0.355 e. The molecule has 1 fully saturated rings. The third-order valence-electron chi connectivity index (χ3n) is 3.84. The summed E-state index contributed by atoms with van der Waals surface area (Å²) in [6.45, 7) is 4.56. The molecule has 2 N–H and O–H groups in total. The van der Waals surface area contributed by atoms with Crippen molar-refractivity contribution in [2.45, 2.75) is 32.4 Å². The Morgan fingerprint density at radius 1 is 1.30 bits per heavy atom. The molecule has 1 atom stereocenters. The van der Waals surface area contributed by atoms with Crippen LogP contribution in [0.2, 0.25) is 0 Å². The van der Waals surface area contributed by atoms with Crippen LogP contribution in [-0.2, 0) is 6.54 Å². The maximum atomic E-state index is 12.2. The van der Waals surface area contributed by atoms with Crippen molar-refractivity contribution in [2.75, 3.05) is 23.3 Å². The highest BCUT2D eigenvalue weighted by Gasteiger charge is 2.18. The van der Waals surface area contributed by atoms with Gasteiger partial charge in [0, 0.05) is 37.7 Å². The first kappa shape index (κ1) is 15.3. The van der Waals surface area contributed by atoms with Gasteiger partial charge in [-0.3, -0.25) is 4.68 Å². The largest absolute Gasteiger partial charge is 0.355 e. The van der Waals surface area contributed by atoms with Gasteiger partial charge in [-0.1, -0.05) is 0 Å². The van der Waals surface area contributed by atoms with Gasteiger partial charge in [0.25, 0.3) is 0 Å². The van der Waals surface area contributed by atoms with Crippen molar-refractivity contribution in [3.05, 3.63) is 36.8 Å². The molecule has 122 valence electrons. The van der Waals surface area contributed by atoms with Crippen molar-refractivity contribution in [3.63, 3.8) is 0 Å². The molecule has 1 saturated heterocycles. The Kier molecular flexibility index (Phi) is 4.75. The fourth-order valence-electron chi connectivity index (χ4n) is 2.79. The highest BCUT2D eigenvalue weighted by molar-refractivity contribution is 5.92. The Labute approximate surface area is 135 Å². The van der Waals surface area contributed by atoms with E-state index in [4.69, 9.17) is 0 Å². The monoisotopic (exact) mass is 314 g/mol. The number of aromatic nitrogens is 3. The van der Waals surface area contributed by atoms with E-state index in [9.17, 15) is 4.79 Å². The predicted molar refractivity (Wildman–Crippen MR) is 89.5 cm³/mol. The zero-order chi connectivity index (χ0) is 16.1. The fraction of sp³-hybridized carbons (Fsp3) is 0.438. The number of carbonyl (C=O) groups excluding carboxylic acids is 1. The summed E-state index contributed by atoms with van der Waals surface area (Å²) in [4.78, 5) is 18.9. The number of anilines is 2. The van der Waals surface area contributed by atoms with Crippen molar-refractivity contribution in [3.8, 4) is 0 Å². The minimum absolute atomic E-state index is 0.0261. The van der Waals surface area contributed by atoms with E-state index in [1.165, 1.54) is 12.8 Å². The average molecular weight is 314 g/mol. The van der Waals surface area contributed by atoms with Crippen LogP contribution in [0.4, 0.5) is 16.3 Å². The lowest BCUT2D eigenvalue weighted by molar-refractivity contribution is 0.247. The fourth-order valence-corrected chi connectivity index (χ4v) is 2.79. The number of urea groups is 1. The zero-order valence-corrected chi connectivity index (χ0v) is 13.3. The van der Waals surface area contributed by atoms with Crippen LogP contribution in [0.3, 0.4) is 0 Å². The van der Waals surface area contributed by atoms with Crippen LogP contribution in [-0.4, -0.2) is 39.9 Å². The minimum atomic E-state index is -0.224. The standard InChI is InChI=1S/C16H22N6O/c1-13(12-22-11-5-8-18-22)19-16(23)20-14-6-4-7-17-15(14)21-9-2-3-10-21/h4-8,11,13H,2-3,9-10,12H2,1H3,(H2,19,20,23). The van der Waals surface area contributed by atoms with E-state index < -0.39 is 0 Å². The van der Waals surface area contributed by atoms with Crippen molar-refractivity contribution in [2.24, 2.45) is 0 Å². The summed E-state index contributed by atoms with van der Waals surface area (Å²) in [7, 11) is 0. The molecule has 3 heterocycles. The third-order valence-corrected chi connectivity index (χ3v) is 3.84. The van der Waals surface area contributed by atoms with Gasteiger partial charge in [0.2, 0.25) is 0 Å². The smallest absolute Gasteiger partial charge is 0.319 e. The molecule has 2 amide bonds. The van der Waals surface area contributed by atoms with Crippen LogP contribution in [0, 0.1) is 0 Å². The second kappa shape index (κ2) is 7.13. The van der Waals surface area contributed by atoms with E-state index in [0.29, 0.717) is 6.54 Å². The van der Waals surface area contributed by atoms with Gasteiger partial charge in [-0.2, -0.15) is 5.10 Å². The van der Waals surface area contributed by atoms with Crippen molar-refractivity contribution in [1.29, 1.82) is 0 Å². The van der Waals surface area contributed by atoms with Crippen LogP contribution in [0.1, 0.15) is 19.8 Å². The zero-order valence-electron chi connectivity index (χ0n) is 13.3. The Morgan fingerprint density at radius 3 is 2.87 bits per heavy atom. The molecule has 0 aliphatic carbocycles. The molecule has 0 radical (unpaired) electrons. The van der Waals surface area contributed by atoms with Gasteiger partial charge in [0.05, 0.1) is 12.2 Å². The number of nitrogens with zero attached hydrogens (tertiary/aromatic N) is 4. The topological polar surface area (TPSA) is 75.1 Å². The second-order valence-corrected chi connectivity index (χ2v) is 5.80. The van der Waals surface area contributed by atoms with E-state index >= 15 is 0 Å². The molecule has 1 aliphatic heterocycles. The maximum absolute atomic E-state index is 12.2. The summed E-state index contributed by atoms with van der Waals surface area (Å²) in [6.07, 6.45) is 7.71. The Balaban J connectivity index is 1.59. The molecule has 1 unspecified atom stereocenters. The molecule has 3 rings (SSSR count). The number of carbonyl (C=O) groups is 1. The molecule has 23 heavy (non-hydrogen) atoms. The van der Waals surface area contributed by atoms with E-state index in [1.54, 1.807) is 17.1 Å². The summed E-state index contributed by atoms with van der Waals surface area (Å²) in [6, 6.07) is 5.34. The number of hydrogen-bond acceptors (Lipinski definition) is 4. The van der Waals surface area contributed by atoms with Gasteiger partial charge in [-0.25, -0.2) is 9.78 Å². The first-order valence-corrected chi connectivity index (χ1v) is 7.97. The summed E-state index contributed by atoms with van der Waals surface area (Å²) in [5.41, 5.74) is 0.748. The van der Waals surface area contributed by atoms with Gasteiger partial charge in [0.15, 0.2) is 5.82 Å². The third kappa shape index (κ3) is 4.00. The highest BCUT2D eigenvalue weighted by atomic mass is 16.2. The number of amides is 2. The lowest BCUT2D eigenvalue weighted by atomic mass is 10.3. The SMILES string of the molecule is CC(Cn1cccn1)NC(=O)Nc1cccnc1N1CCCC1. The van der Waals surface area contributed by atoms with Gasteiger partial charge in [-0.15, -0.1) is 0 Å². The van der Waals surface area contributed by atoms with Crippen molar-refractivity contribution >= 4 is 17.5 Å². The lowest BCUT2D eigenvalue weighted by Gasteiger charge is -2.21. The van der Waals surface area contributed by atoms with E-state index in [-0.39, 0.29) is 12.1 Å². The molecule has 2 aromatic rings. The Bertz CT molecular complexity index is 636. The molecule has 0 bridgehead atoms. The summed E-state index contributed by atoms with van der Waals surface area (Å²) >= 11 is 0. The highest BCUT2D eigenvalue weighted by Crippen LogP contribution is 2.25. The molecule has 0 saturated carbocycles. The van der Waals surface area contributed by atoms with E-state index in [0.717, 1.165) is 24.6 Å². The van der Waals surface area contributed by atoms with Crippen LogP contribution in [0.25, 0.3) is 0 Å². The molecule has 1 aliphatic rings. The number of rotatable bonds is 5. The second-order valence-electron chi connectivity index (χ2n) is 5.80. The van der Waals surface area contributed by atoms with Crippen LogP contribution >= 0.6 is 0 Å². The summed E-state index contributed by atoms with van der Waals surface area (Å²) < 4.78 is 1.80. The van der Waals surface area contributed by atoms with Crippen LogP contribution in [0.5, 0.6) is 0 Å². The van der Waals surface area contributed by atoms with Crippen molar-refractivity contribution in [1.82, 2.24) is 20.1 Å². The summed E-state index contributed by atoms with van der Waals surface area (Å²) in [5, 5.41) is 9.98. The maximum Gasteiger partial charge on any atom is 0.319 e. The van der Waals surface area contributed by atoms with E-state index in [2.05, 4.69) is 25.6 Å². The molecule has 7 heteroatoms. The van der Waals surface area contributed by atoms with Crippen LogP contribution in [0.15, 0.2) is 36.8 Å². The number of nitrogens with one attached hydrogen (secondary N) is 2.